The molecule has 1 saturated carbocycles. The second-order valence-electron chi connectivity index (χ2n) is 6.06. The van der Waals surface area contributed by atoms with Crippen molar-refractivity contribution in [3.63, 3.8) is 0 Å². The van der Waals surface area contributed by atoms with Gasteiger partial charge in [0.2, 0.25) is 5.91 Å². The van der Waals surface area contributed by atoms with Crippen LogP contribution in [0.25, 0.3) is 0 Å². The number of carboxylic acid groups (broad SMARTS) is 1. The van der Waals surface area contributed by atoms with E-state index in [-0.39, 0.29) is 12.5 Å². The molecule has 0 bridgehead atoms. The molecule has 1 fully saturated rings. The summed E-state index contributed by atoms with van der Waals surface area (Å²) in [6, 6.07) is 7.64. The van der Waals surface area contributed by atoms with E-state index in [1.165, 1.54) is 6.92 Å². The maximum atomic E-state index is 12.7. The summed E-state index contributed by atoms with van der Waals surface area (Å²) < 4.78 is 0.904. The second kappa shape index (κ2) is 6.38. The summed E-state index contributed by atoms with van der Waals surface area (Å²) in [4.78, 5) is 23.7. The van der Waals surface area contributed by atoms with E-state index >= 15 is 0 Å². The van der Waals surface area contributed by atoms with E-state index in [4.69, 9.17) is 5.11 Å². The van der Waals surface area contributed by atoms with E-state index in [0.717, 1.165) is 35.7 Å². The fraction of sp³-hybridized carbons (Fsp3) is 0.500. The molecule has 0 aromatic heterocycles. The van der Waals surface area contributed by atoms with E-state index in [2.05, 4.69) is 21.2 Å². The Morgan fingerprint density at radius 1 is 1.36 bits per heavy atom. The summed E-state index contributed by atoms with van der Waals surface area (Å²) in [5.41, 5.74) is -1.68. The van der Waals surface area contributed by atoms with E-state index in [0.29, 0.717) is 0 Å². The van der Waals surface area contributed by atoms with Crippen LogP contribution in [-0.2, 0) is 15.0 Å². The Balaban J connectivity index is 2.21. The van der Waals surface area contributed by atoms with Crippen molar-refractivity contribution in [1.82, 2.24) is 5.32 Å². The first kappa shape index (κ1) is 17.0. The predicted octanol–water partition coefficient (Wildman–Crippen LogP) is 2.21. The number of benzene rings is 1. The van der Waals surface area contributed by atoms with Crippen LogP contribution in [0.15, 0.2) is 28.7 Å². The van der Waals surface area contributed by atoms with Crippen LogP contribution >= 0.6 is 15.9 Å². The molecule has 1 amide bonds. The molecule has 1 aromatic rings. The first-order valence-corrected chi connectivity index (χ1v) is 8.07. The van der Waals surface area contributed by atoms with Gasteiger partial charge in [-0.2, -0.15) is 0 Å². The van der Waals surface area contributed by atoms with Gasteiger partial charge in [0, 0.05) is 4.47 Å². The zero-order valence-electron chi connectivity index (χ0n) is 12.4. The third-order valence-electron chi connectivity index (χ3n) is 4.32. The van der Waals surface area contributed by atoms with Gasteiger partial charge in [-0.15, -0.1) is 0 Å². The topological polar surface area (TPSA) is 86.6 Å². The van der Waals surface area contributed by atoms with Crippen molar-refractivity contribution >= 4 is 27.8 Å². The Bertz CT molecular complexity index is 579. The number of amides is 1. The quantitative estimate of drug-likeness (QED) is 0.742. The standard InChI is InChI=1S/C16H20BrNO4/c1-15(22,14(20)21)10-18-13(19)16(7-2-3-8-16)11-5-4-6-12(17)9-11/h4-6,9,22H,2-3,7-8,10H2,1H3,(H,18,19)(H,20,21). The maximum absolute atomic E-state index is 12.7. The van der Waals surface area contributed by atoms with Crippen molar-refractivity contribution in [3.8, 4) is 0 Å². The lowest BCUT2D eigenvalue weighted by Gasteiger charge is -2.30. The molecule has 120 valence electrons. The number of aliphatic carboxylic acids is 1. The lowest BCUT2D eigenvalue weighted by Crippen LogP contribution is -2.51. The van der Waals surface area contributed by atoms with Gasteiger partial charge in [-0.05, 0) is 37.5 Å². The number of nitrogens with one attached hydrogen (secondary N) is 1. The molecule has 1 aliphatic carbocycles. The molecule has 0 aliphatic heterocycles. The van der Waals surface area contributed by atoms with Gasteiger partial charge in [-0.1, -0.05) is 40.9 Å². The van der Waals surface area contributed by atoms with Gasteiger partial charge in [0.15, 0.2) is 5.60 Å². The maximum Gasteiger partial charge on any atom is 0.337 e. The van der Waals surface area contributed by atoms with Crippen LogP contribution in [0.5, 0.6) is 0 Å². The van der Waals surface area contributed by atoms with Gasteiger partial charge < -0.3 is 15.5 Å². The van der Waals surface area contributed by atoms with Gasteiger partial charge in [-0.25, -0.2) is 4.79 Å². The van der Waals surface area contributed by atoms with E-state index in [1.54, 1.807) is 0 Å². The van der Waals surface area contributed by atoms with Crippen molar-refractivity contribution in [2.75, 3.05) is 6.54 Å². The molecule has 1 aromatic carbocycles. The predicted molar refractivity (Wildman–Crippen MR) is 85.6 cm³/mol. The number of carboxylic acids is 1. The highest BCUT2D eigenvalue weighted by Crippen LogP contribution is 2.42. The van der Waals surface area contributed by atoms with Crippen LogP contribution < -0.4 is 5.32 Å². The molecule has 3 N–H and O–H groups in total. The van der Waals surface area contributed by atoms with Gasteiger partial charge >= 0.3 is 5.97 Å². The summed E-state index contributed by atoms with van der Waals surface area (Å²) in [5, 5.41) is 21.3. The first-order valence-electron chi connectivity index (χ1n) is 7.28. The average Bonchev–Trinajstić information content (AvgIpc) is 2.95. The number of hydrogen-bond donors (Lipinski definition) is 3. The van der Waals surface area contributed by atoms with Crippen molar-refractivity contribution in [3.05, 3.63) is 34.3 Å². The smallest absolute Gasteiger partial charge is 0.337 e. The fourth-order valence-corrected chi connectivity index (χ4v) is 3.31. The molecule has 22 heavy (non-hydrogen) atoms. The molecule has 5 nitrogen and oxygen atoms in total. The monoisotopic (exact) mass is 369 g/mol. The second-order valence-corrected chi connectivity index (χ2v) is 6.98. The molecule has 6 heteroatoms. The largest absolute Gasteiger partial charge is 0.479 e. The van der Waals surface area contributed by atoms with E-state index < -0.39 is 17.0 Å². The van der Waals surface area contributed by atoms with Crippen LogP contribution in [0.2, 0.25) is 0 Å². The molecular weight excluding hydrogens is 350 g/mol. The van der Waals surface area contributed by atoms with E-state index in [9.17, 15) is 14.7 Å². The van der Waals surface area contributed by atoms with Gasteiger partial charge in [-0.3, -0.25) is 4.79 Å². The van der Waals surface area contributed by atoms with E-state index in [1.807, 2.05) is 24.3 Å². The minimum atomic E-state index is -1.97. The van der Waals surface area contributed by atoms with Crippen LogP contribution in [0.4, 0.5) is 0 Å². The Morgan fingerprint density at radius 3 is 2.55 bits per heavy atom. The number of halogens is 1. The van der Waals surface area contributed by atoms with Crippen molar-refractivity contribution < 1.29 is 19.8 Å². The zero-order valence-corrected chi connectivity index (χ0v) is 14.0. The summed E-state index contributed by atoms with van der Waals surface area (Å²) in [5.74, 6) is -1.57. The number of carbonyl (C=O) groups is 2. The van der Waals surface area contributed by atoms with Crippen LogP contribution in [-0.4, -0.2) is 34.2 Å². The van der Waals surface area contributed by atoms with Crippen molar-refractivity contribution in [2.45, 2.75) is 43.6 Å². The summed E-state index contributed by atoms with van der Waals surface area (Å²) in [7, 11) is 0. The lowest BCUT2D eigenvalue weighted by molar-refractivity contribution is -0.156. The highest BCUT2D eigenvalue weighted by Gasteiger charge is 2.43. The molecular formula is C16H20BrNO4. The van der Waals surface area contributed by atoms with Gasteiger partial charge in [0.1, 0.15) is 0 Å². The molecule has 0 heterocycles. The summed E-state index contributed by atoms with van der Waals surface area (Å²) >= 11 is 3.42. The van der Waals surface area contributed by atoms with Gasteiger partial charge in [0.25, 0.3) is 0 Å². The third-order valence-corrected chi connectivity index (χ3v) is 4.82. The number of rotatable bonds is 5. The number of carbonyl (C=O) groups excluding carboxylic acids is 1. The molecule has 1 unspecified atom stereocenters. The molecule has 0 saturated heterocycles. The molecule has 0 radical (unpaired) electrons. The van der Waals surface area contributed by atoms with Crippen molar-refractivity contribution in [2.24, 2.45) is 0 Å². The molecule has 1 atom stereocenters. The highest BCUT2D eigenvalue weighted by molar-refractivity contribution is 9.10. The average molecular weight is 370 g/mol. The minimum Gasteiger partial charge on any atom is -0.479 e. The van der Waals surface area contributed by atoms with Crippen LogP contribution in [0, 0.1) is 0 Å². The Kier molecular flexibility index (Phi) is 4.92. The normalized spacial score (nSPS) is 19.4. The Labute approximate surface area is 137 Å². The first-order chi connectivity index (χ1) is 10.3. The van der Waals surface area contributed by atoms with Crippen LogP contribution in [0.1, 0.15) is 38.2 Å². The Morgan fingerprint density at radius 2 is 2.00 bits per heavy atom. The summed E-state index contributed by atoms with van der Waals surface area (Å²) in [6.45, 7) is 0.868. The minimum absolute atomic E-state index is 0.218. The Hall–Kier alpha value is -1.40. The number of hydrogen-bond acceptors (Lipinski definition) is 3. The molecule has 2 rings (SSSR count). The zero-order chi connectivity index (χ0) is 16.4. The van der Waals surface area contributed by atoms with Gasteiger partial charge in [0.05, 0.1) is 12.0 Å². The summed E-state index contributed by atoms with van der Waals surface area (Å²) in [6.07, 6.45) is 3.36. The molecule has 1 aliphatic rings. The SMILES string of the molecule is CC(O)(CNC(=O)C1(c2cccc(Br)c2)CCCC1)C(=O)O. The van der Waals surface area contributed by atoms with Crippen molar-refractivity contribution in [1.29, 1.82) is 0 Å². The molecule has 0 spiro atoms. The third kappa shape index (κ3) is 3.33. The number of aliphatic hydroxyl groups is 1. The fourth-order valence-electron chi connectivity index (χ4n) is 2.91. The van der Waals surface area contributed by atoms with Crippen LogP contribution in [0.3, 0.4) is 0 Å². The lowest BCUT2D eigenvalue weighted by atomic mass is 9.78. The highest BCUT2D eigenvalue weighted by atomic mass is 79.9.